The van der Waals surface area contributed by atoms with Gasteiger partial charge in [-0.1, -0.05) is 0 Å². The van der Waals surface area contributed by atoms with Crippen LogP contribution in [0.15, 0.2) is 0 Å². The minimum Gasteiger partial charge on any atom is -0.481 e. The molecule has 9 heteroatoms. The maximum atomic E-state index is 12.7. The summed E-state index contributed by atoms with van der Waals surface area (Å²) in [7, 11) is 0. The topological polar surface area (TPSA) is 136 Å². The zero-order chi connectivity index (χ0) is 18.2. The van der Waals surface area contributed by atoms with E-state index >= 15 is 0 Å². The molecule has 0 radical (unpaired) electrons. The zero-order valence-electron chi connectivity index (χ0n) is 14.0. The van der Waals surface area contributed by atoms with E-state index in [1.54, 1.807) is 11.8 Å². The fourth-order valence-electron chi connectivity index (χ4n) is 3.46. The average molecular weight is 347 g/mol. The van der Waals surface area contributed by atoms with Crippen LogP contribution in [0.25, 0.3) is 0 Å². The van der Waals surface area contributed by atoms with E-state index in [1.165, 1.54) is 11.8 Å². The van der Waals surface area contributed by atoms with Gasteiger partial charge in [0.2, 0.25) is 5.91 Å². The number of carbonyl (C=O) groups is 3. The van der Waals surface area contributed by atoms with Crippen LogP contribution in [0.2, 0.25) is 0 Å². The third-order valence-corrected chi connectivity index (χ3v) is 5.46. The number of amides is 1. The van der Waals surface area contributed by atoms with Gasteiger partial charge in [-0.3, -0.25) is 9.59 Å². The van der Waals surface area contributed by atoms with E-state index in [0.717, 1.165) is 0 Å². The van der Waals surface area contributed by atoms with Crippen molar-refractivity contribution in [3.63, 3.8) is 0 Å². The second-order valence-electron chi connectivity index (χ2n) is 6.77. The van der Waals surface area contributed by atoms with Gasteiger partial charge in [0.15, 0.2) is 0 Å². The summed E-state index contributed by atoms with van der Waals surface area (Å²) in [6.45, 7) is 9.32. The van der Waals surface area contributed by atoms with Crippen LogP contribution in [-0.2, 0) is 19.2 Å². The predicted molar refractivity (Wildman–Crippen MR) is 86.4 cm³/mol. The molecule has 23 heavy (non-hydrogen) atoms. The highest BCUT2D eigenvalue weighted by molar-refractivity contribution is 8.03. The largest absolute Gasteiger partial charge is 0.481 e. The predicted octanol–water partition coefficient (Wildman–Crippen LogP) is 0.0950. The van der Waals surface area contributed by atoms with E-state index in [2.05, 4.69) is 4.84 Å². The Bertz CT molecular complexity index is 495. The molecule has 0 aromatic carbocycles. The monoisotopic (exact) mass is 347 g/mol. The van der Waals surface area contributed by atoms with E-state index in [1.807, 2.05) is 27.7 Å². The van der Waals surface area contributed by atoms with Crippen LogP contribution in [-0.4, -0.2) is 55.5 Å². The van der Waals surface area contributed by atoms with Crippen molar-refractivity contribution < 1.29 is 24.3 Å². The smallest absolute Gasteiger partial charge is 0.347 e. The highest BCUT2D eigenvalue weighted by Gasteiger charge is 2.59. The number of hydrogen-bond acceptors (Lipinski definition) is 7. The molecule has 1 aliphatic heterocycles. The molecule has 2 atom stereocenters. The van der Waals surface area contributed by atoms with Crippen LogP contribution >= 0.6 is 11.8 Å². The number of rotatable bonds is 6. The standard InChI is InChI=1S/C14H25N3O5S/c1-7(11(21)22-16)17(10(20)8(15)6-9(18)19)12-13(2,3)23-14(12,4)5/h7-8,12H,6,15-16H2,1-5H3,(H,18,19)/t7-,8+/m1/s1. The van der Waals surface area contributed by atoms with E-state index in [0.29, 0.717) is 0 Å². The number of aliphatic carboxylic acids is 1. The van der Waals surface area contributed by atoms with Crippen LogP contribution in [0, 0.1) is 0 Å². The lowest BCUT2D eigenvalue weighted by Gasteiger charge is -2.61. The van der Waals surface area contributed by atoms with Crippen LogP contribution < -0.4 is 11.6 Å². The SMILES string of the molecule is C[C@H](C(=O)ON)N(C(=O)[C@@H](N)CC(=O)O)C1C(C)(C)SC1(C)C. The van der Waals surface area contributed by atoms with Crippen molar-refractivity contribution in [2.24, 2.45) is 11.6 Å². The summed E-state index contributed by atoms with van der Waals surface area (Å²) in [6, 6.07) is -2.52. The van der Waals surface area contributed by atoms with Gasteiger partial charge in [-0.2, -0.15) is 5.90 Å². The summed E-state index contributed by atoms with van der Waals surface area (Å²) in [5.74, 6) is 2.39. The summed E-state index contributed by atoms with van der Waals surface area (Å²) in [5.41, 5.74) is 5.73. The fraction of sp³-hybridized carbons (Fsp3) is 0.786. The first-order valence-electron chi connectivity index (χ1n) is 7.25. The molecule has 0 aliphatic carbocycles. The molecule has 5 N–H and O–H groups in total. The van der Waals surface area contributed by atoms with Crippen LogP contribution in [0.5, 0.6) is 0 Å². The van der Waals surface area contributed by atoms with Crippen molar-refractivity contribution >= 4 is 29.6 Å². The lowest BCUT2D eigenvalue weighted by atomic mass is 9.86. The third-order valence-electron chi connectivity index (χ3n) is 3.96. The first-order valence-corrected chi connectivity index (χ1v) is 8.07. The Labute approximate surface area is 139 Å². The van der Waals surface area contributed by atoms with Gasteiger partial charge in [0, 0.05) is 9.49 Å². The molecule has 1 rings (SSSR count). The molecule has 1 aliphatic rings. The molecular weight excluding hydrogens is 322 g/mol. The first-order chi connectivity index (χ1) is 10.3. The average Bonchev–Trinajstić information content (AvgIpc) is 2.39. The maximum Gasteiger partial charge on any atom is 0.347 e. The van der Waals surface area contributed by atoms with E-state index in [4.69, 9.17) is 16.7 Å². The molecule has 0 unspecified atom stereocenters. The number of nitrogens with zero attached hydrogens (tertiary/aromatic N) is 1. The molecule has 0 saturated carbocycles. The Morgan fingerprint density at radius 3 is 2.09 bits per heavy atom. The van der Waals surface area contributed by atoms with Crippen molar-refractivity contribution in [3.8, 4) is 0 Å². The summed E-state index contributed by atoms with van der Waals surface area (Å²) in [6.07, 6.45) is -0.513. The Morgan fingerprint density at radius 1 is 1.26 bits per heavy atom. The minimum absolute atomic E-state index is 0.314. The molecule has 0 aromatic heterocycles. The van der Waals surface area contributed by atoms with Gasteiger partial charge in [0.1, 0.15) is 6.04 Å². The van der Waals surface area contributed by atoms with Gasteiger partial charge in [0.05, 0.1) is 18.5 Å². The van der Waals surface area contributed by atoms with Crippen molar-refractivity contribution in [1.82, 2.24) is 4.90 Å². The van der Waals surface area contributed by atoms with Crippen molar-refractivity contribution in [3.05, 3.63) is 0 Å². The first kappa shape index (κ1) is 19.7. The fourth-order valence-corrected chi connectivity index (χ4v) is 5.67. The lowest BCUT2D eigenvalue weighted by molar-refractivity contribution is -0.159. The summed E-state index contributed by atoms with van der Waals surface area (Å²) < 4.78 is -0.628. The summed E-state index contributed by atoms with van der Waals surface area (Å²) >= 11 is 1.67. The highest BCUT2D eigenvalue weighted by atomic mass is 32.2. The molecule has 0 bridgehead atoms. The molecular formula is C14H25N3O5S. The molecule has 132 valence electrons. The normalized spacial score (nSPS) is 21.7. The van der Waals surface area contributed by atoms with Gasteiger partial charge in [-0.25, -0.2) is 4.79 Å². The third kappa shape index (κ3) is 3.96. The Morgan fingerprint density at radius 2 is 1.74 bits per heavy atom. The van der Waals surface area contributed by atoms with Gasteiger partial charge < -0.3 is 20.6 Å². The highest BCUT2D eigenvalue weighted by Crippen LogP contribution is 2.57. The number of carboxylic acid groups (broad SMARTS) is 1. The van der Waals surface area contributed by atoms with Gasteiger partial charge in [0.25, 0.3) is 0 Å². The maximum absolute atomic E-state index is 12.7. The minimum atomic E-state index is -1.24. The van der Waals surface area contributed by atoms with Crippen molar-refractivity contribution in [1.29, 1.82) is 0 Å². The number of nitrogens with two attached hydrogens (primary N) is 2. The van der Waals surface area contributed by atoms with Crippen molar-refractivity contribution in [2.75, 3.05) is 0 Å². The second kappa shape index (κ2) is 6.66. The van der Waals surface area contributed by atoms with E-state index < -0.39 is 36.4 Å². The Hall–Kier alpha value is -1.32. The van der Waals surface area contributed by atoms with Crippen molar-refractivity contribution in [2.45, 2.75) is 68.7 Å². The number of thioether (sulfide) groups is 1. The summed E-state index contributed by atoms with van der Waals surface area (Å²) in [5, 5.41) is 8.86. The molecule has 1 fully saturated rings. The molecule has 0 aromatic rings. The zero-order valence-corrected chi connectivity index (χ0v) is 14.8. The van der Waals surface area contributed by atoms with Crippen LogP contribution in [0.3, 0.4) is 0 Å². The Balaban J connectivity index is 3.20. The molecule has 1 saturated heterocycles. The molecule has 8 nitrogen and oxygen atoms in total. The summed E-state index contributed by atoms with van der Waals surface area (Å²) in [4.78, 5) is 41.0. The van der Waals surface area contributed by atoms with Crippen LogP contribution in [0.1, 0.15) is 41.0 Å². The Kier molecular flexibility index (Phi) is 5.71. The van der Waals surface area contributed by atoms with Gasteiger partial charge >= 0.3 is 11.9 Å². The molecule has 1 heterocycles. The van der Waals surface area contributed by atoms with Gasteiger partial charge in [-0.15, -0.1) is 11.8 Å². The quantitative estimate of drug-likeness (QED) is 0.575. The second-order valence-corrected chi connectivity index (χ2v) is 9.08. The molecule has 0 spiro atoms. The molecule has 1 amide bonds. The van der Waals surface area contributed by atoms with E-state index in [-0.39, 0.29) is 15.5 Å². The van der Waals surface area contributed by atoms with E-state index in [9.17, 15) is 14.4 Å². The number of hydrogen-bond donors (Lipinski definition) is 3. The number of carbonyl (C=O) groups excluding carboxylic acids is 2. The lowest BCUT2D eigenvalue weighted by Crippen LogP contribution is -2.72. The number of carboxylic acids is 1. The van der Waals surface area contributed by atoms with Gasteiger partial charge in [-0.05, 0) is 34.6 Å². The van der Waals surface area contributed by atoms with Crippen LogP contribution in [0.4, 0.5) is 0 Å².